The van der Waals surface area contributed by atoms with Gasteiger partial charge in [0.15, 0.2) is 0 Å². The molecule has 5 heteroatoms. The number of nitrogens with one attached hydrogen (secondary N) is 1. The minimum Gasteiger partial charge on any atom is -0.396 e. The molecule has 0 saturated carbocycles. The van der Waals surface area contributed by atoms with Crippen LogP contribution >= 0.6 is 23.4 Å². The van der Waals surface area contributed by atoms with E-state index in [0.717, 1.165) is 17.2 Å². The highest BCUT2D eigenvalue weighted by molar-refractivity contribution is 7.99. The molecule has 1 unspecified atom stereocenters. The molecule has 0 aliphatic carbocycles. The van der Waals surface area contributed by atoms with Gasteiger partial charge in [0.25, 0.3) is 0 Å². The smallest absolute Gasteiger partial charge is 0.115 e. The van der Waals surface area contributed by atoms with E-state index in [9.17, 15) is 0 Å². The number of halogens is 1. The van der Waals surface area contributed by atoms with Gasteiger partial charge in [-0.1, -0.05) is 11.6 Å². The van der Waals surface area contributed by atoms with Gasteiger partial charge in [0.1, 0.15) is 5.03 Å². The summed E-state index contributed by atoms with van der Waals surface area (Å²) in [5.74, 6) is 0.855. The summed E-state index contributed by atoms with van der Waals surface area (Å²) in [4.78, 5) is 4.19. The first-order chi connectivity index (χ1) is 7.27. The summed E-state index contributed by atoms with van der Waals surface area (Å²) >= 11 is 7.58. The summed E-state index contributed by atoms with van der Waals surface area (Å²) in [6.45, 7) is 0.196. The summed E-state index contributed by atoms with van der Waals surface area (Å²) in [6, 6.07) is 3.94. The fraction of sp³-hybridized carbons (Fsp3) is 0.500. The normalized spacial score (nSPS) is 12.7. The Hall–Kier alpha value is -0.290. The number of thioether (sulfide) groups is 1. The van der Waals surface area contributed by atoms with Crippen molar-refractivity contribution in [1.29, 1.82) is 0 Å². The molecule has 1 atom stereocenters. The Morgan fingerprint density at radius 2 is 2.47 bits per heavy atom. The lowest BCUT2D eigenvalue weighted by Gasteiger charge is -2.13. The molecule has 0 aromatic carbocycles. The molecule has 1 rings (SSSR count). The molecule has 0 fully saturated rings. The molecule has 2 N–H and O–H groups in total. The first-order valence-electron chi connectivity index (χ1n) is 4.79. The van der Waals surface area contributed by atoms with Crippen molar-refractivity contribution in [3.05, 3.63) is 23.4 Å². The van der Waals surface area contributed by atoms with Crippen LogP contribution in [-0.4, -0.2) is 35.5 Å². The maximum Gasteiger partial charge on any atom is 0.115 e. The number of aromatic nitrogens is 1. The molecule has 0 saturated heterocycles. The summed E-state index contributed by atoms with van der Waals surface area (Å²) < 4.78 is 0. The van der Waals surface area contributed by atoms with Crippen LogP contribution in [0.3, 0.4) is 0 Å². The number of pyridine rings is 1. The fourth-order valence-corrected chi connectivity index (χ4v) is 2.44. The molecule has 0 aliphatic rings. The van der Waals surface area contributed by atoms with Gasteiger partial charge in [-0.05, 0) is 25.6 Å². The van der Waals surface area contributed by atoms with E-state index in [4.69, 9.17) is 16.7 Å². The molecule has 3 nitrogen and oxygen atoms in total. The van der Waals surface area contributed by atoms with Gasteiger partial charge < -0.3 is 10.4 Å². The highest BCUT2D eigenvalue weighted by atomic mass is 35.5. The van der Waals surface area contributed by atoms with Crippen molar-refractivity contribution >= 4 is 23.4 Å². The Labute approximate surface area is 99.2 Å². The first kappa shape index (κ1) is 12.8. The summed E-state index contributed by atoms with van der Waals surface area (Å²) in [5.41, 5.74) is 0. The zero-order chi connectivity index (χ0) is 11.1. The second-order valence-corrected chi connectivity index (χ2v) is 4.52. The standard InChI is InChI=1S/C10H15ClN2OS/c1-12-8(4-6-14)7-15-10-9(11)3-2-5-13-10/h2-3,5,8,12,14H,4,6-7H2,1H3. The quantitative estimate of drug-likeness (QED) is 0.752. The van der Waals surface area contributed by atoms with E-state index in [0.29, 0.717) is 5.02 Å². The van der Waals surface area contributed by atoms with Crippen LogP contribution in [0, 0.1) is 0 Å². The van der Waals surface area contributed by atoms with Gasteiger partial charge in [0, 0.05) is 24.6 Å². The number of rotatable bonds is 6. The summed E-state index contributed by atoms with van der Waals surface area (Å²) in [6.07, 6.45) is 2.47. The minimum absolute atomic E-state index is 0.196. The molecule has 0 amide bonds. The Morgan fingerprint density at radius 1 is 1.67 bits per heavy atom. The third kappa shape index (κ3) is 4.38. The molecule has 0 aliphatic heterocycles. The molecule has 84 valence electrons. The van der Waals surface area contributed by atoms with Gasteiger partial charge in [0.05, 0.1) is 5.02 Å². The van der Waals surface area contributed by atoms with Gasteiger partial charge in [0.2, 0.25) is 0 Å². The number of aliphatic hydroxyl groups excluding tert-OH is 1. The molecule has 0 spiro atoms. The van der Waals surface area contributed by atoms with E-state index in [-0.39, 0.29) is 12.6 Å². The molecule has 0 bridgehead atoms. The Kier molecular flexibility index (Phi) is 6.02. The third-order valence-corrected chi connectivity index (χ3v) is 3.62. The Bertz CT molecular complexity index is 299. The highest BCUT2D eigenvalue weighted by Crippen LogP contribution is 2.24. The lowest BCUT2D eigenvalue weighted by molar-refractivity contribution is 0.273. The van der Waals surface area contributed by atoms with E-state index in [1.165, 1.54) is 0 Å². The molecule has 1 heterocycles. The largest absolute Gasteiger partial charge is 0.396 e. The average molecular weight is 247 g/mol. The van der Waals surface area contributed by atoms with Crippen LogP contribution < -0.4 is 5.32 Å². The van der Waals surface area contributed by atoms with E-state index >= 15 is 0 Å². The molecule has 1 aromatic heterocycles. The van der Waals surface area contributed by atoms with E-state index < -0.39 is 0 Å². The monoisotopic (exact) mass is 246 g/mol. The minimum atomic E-state index is 0.196. The zero-order valence-electron chi connectivity index (χ0n) is 8.61. The van der Waals surface area contributed by atoms with Crippen molar-refractivity contribution in [1.82, 2.24) is 10.3 Å². The summed E-state index contributed by atoms with van der Waals surface area (Å²) in [5, 5.41) is 13.5. The second kappa shape index (κ2) is 7.06. The maximum atomic E-state index is 8.83. The lowest BCUT2D eigenvalue weighted by Crippen LogP contribution is -2.28. The highest BCUT2D eigenvalue weighted by Gasteiger charge is 2.08. The second-order valence-electron chi connectivity index (χ2n) is 3.10. The van der Waals surface area contributed by atoms with Crippen LogP contribution in [0.4, 0.5) is 0 Å². The number of hydrogen-bond acceptors (Lipinski definition) is 4. The van der Waals surface area contributed by atoms with Crippen molar-refractivity contribution in [2.45, 2.75) is 17.5 Å². The van der Waals surface area contributed by atoms with E-state index in [2.05, 4.69) is 10.3 Å². The first-order valence-corrected chi connectivity index (χ1v) is 6.15. The van der Waals surface area contributed by atoms with Crippen molar-refractivity contribution in [3.63, 3.8) is 0 Å². The van der Waals surface area contributed by atoms with Crippen molar-refractivity contribution < 1.29 is 5.11 Å². The van der Waals surface area contributed by atoms with Crippen LogP contribution in [0.1, 0.15) is 6.42 Å². The number of hydrogen-bond donors (Lipinski definition) is 2. The summed E-state index contributed by atoms with van der Waals surface area (Å²) in [7, 11) is 1.89. The predicted molar refractivity (Wildman–Crippen MR) is 64.5 cm³/mol. The van der Waals surface area contributed by atoms with Gasteiger partial charge in [-0.25, -0.2) is 4.98 Å². The van der Waals surface area contributed by atoms with E-state index in [1.807, 2.05) is 19.2 Å². The van der Waals surface area contributed by atoms with Gasteiger partial charge in [-0.3, -0.25) is 0 Å². The van der Waals surface area contributed by atoms with Crippen molar-refractivity contribution in [2.75, 3.05) is 19.4 Å². The number of aliphatic hydroxyl groups is 1. The van der Waals surface area contributed by atoms with Crippen molar-refractivity contribution in [3.8, 4) is 0 Å². The fourth-order valence-electron chi connectivity index (χ4n) is 1.12. The molecule has 1 aromatic rings. The van der Waals surface area contributed by atoms with Crippen LogP contribution in [-0.2, 0) is 0 Å². The van der Waals surface area contributed by atoms with E-state index in [1.54, 1.807) is 18.0 Å². The van der Waals surface area contributed by atoms with Crippen LogP contribution in [0.25, 0.3) is 0 Å². The van der Waals surface area contributed by atoms with Gasteiger partial charge in [-0.15, -0.1) is 11.8 Å². The molecular formula is C10H15ClN2OS. The predicted octanol–water partition coefficient (Wildman–Crippen LogP) is 1.80. The topological polar surface area (TPSA) is 45.1 Å². The van der Waals surface area contributed by atoms with Crippen LogP contribution in [0.5, 0.6) is 0 Å². The SMILES string of the molecule is CNC(CCO)CSc1ncccc1Cl. The molecular weight excluding hydrogens is 232 g/mol. The maximum absolute atomic E-state index is 8.83. The lowest BCUT2D eigenvalue weighted by atomic mass is 10.2. The van der Waals surface area contributed by atoms with Gasteiger partial charge in [-0.2, -0.15) is 0 Å². The van der Waals surface area contributed by atoms with Crippen molar-refractivity contribution in [2.24, 2.45) is 0 Å². The Balaban J connectivity index is 2.45. The van der Waals surface area contributed by atoms with Crippen LogP contribution in [0.15, 0.2) is 23.4 Å². The number of nitrogens with zero attached hydrogens (tertiary/aromatic N) is 1. The Morgan fingerprint density at radius 3 is 3.07 bits per heavy atom. The molecule has 0 radical (unpaired) electrons. The average Bonchev–Trinajstić information content (AvgIpc) is 2.26. The zero-order valence-corrected chi connectivity index (χ0v) is 10.2. The third-order valence-electron chi connectivity index (χ3n) is 2.03. The van der Waals surface area contributed by atoms with Crippen LogP contribution in [0.2, 0.25) is 5.02 Å². The van der Waals surface area contributed by atoms with Gasteiger partial charge >= 0.3 is 0 Å². The molecule has 15 heavy (non-hydrogen) atoms.